The van der Waals surface area contributed by atoms with Crippen LogP contribution in [0.3, 0.4) is 0 Å². The Morgan fingerprint density at radius 3 is 2.22 bits per heavy atom. The van der Waals surface area contributed by atoms with Crippen LogP contribution in [0.15, 0.2) is 23.1 Å². The van der Waals surface area contributed by atoms with Gasteiger partial charge in [-0.3, -0.25) is 0 Å². The molecule has 0 fully saturated rings. The van der Waals surface area contributed by atoms with E-state index in [2.05, 4.69) is 18.7 Å². The molecule has 1 aromatic rings. The third-order valence-electron chi connectivity index (χ3n) is 3.20. The van der Waals surface area contributed by atoms with Crippen LogP contribution in [-0.2, 0) is 10.0 Å². The smallest absolute Gasteiger partial charge is 0.238 e. The van der Waals surface area contributed by atoms with Crippen LogP contribution in [0.25, 0.3) is 0 Å². The van der Waals surface area contributed by atoms with Crippen molar-refractivity contribution >= 4 is 21.4 Å². The Morgan fingerprint density at radius 2 is 1.83 bits per heavy atom. The predicted octanol–water partition coefficient (Wildman–Crippen LogP) is 1.54. The number of rotatable bonds is 5. The lowest BCUT2D eigenvalue weighted by atomic mass is 10.1. The molecule has 0 aliphatic carbocycles. The van der Waals surface area contributed by atoms with Crippen LogP contribution in [0.1, 0.15) is 26.7 Å². The van der Waals surface area contributed by atoms with E-state index < -0.39 is 10.0 Å². The van der Waals surface area contributed by atoms with Crippen molar-refractivity contribution in [3.63, 3.8) is 0 Å². The van der Waals surface area contributed by atoms with E-state index in [4.69, 9.17) is 10.9 Å². The molecule has 6 heteroatoms. The molecule has 0 aliphatic heterocycles. The van der Waals surface area contributed by atoms with Crippen molar-refractivity contribution in [2.24, 2.45) is 5.14 Å². The minimum Gasteiger partial charge on any atom is -0.397 e. The van der Waals surface area contributed by atoms with Gasteiger partial charge in [0.15, 0.2) is 0 Å². The number of nitrogens with zero attached hydrogens (tertiary/aromatic N) is 1. The Morgan fingerprint density at radius 1 is 1.28 bits per heavy atom. The first-order chi connectivity index (χ1) is 8.31. The lowest BCUT2D eigenvalue weighted by Crippen LogP contribution is -2.31. The van der Waals surface area contributed by atoms with Crippen LogP contribution in [0.2, 0.25) is 0 Å². The Bertz CT molecular complexity index is 510. The van der Waals surface area contributed by atoms with E-state index >= 15 is 0 Å². The van der Waals surface area contributed by atoms with Crippen molar-refractivity contribution < 1.29 is 8.42 Å². The summed E-state index contributed by atoms with van der Waals surface area (Å²) in [7, 11) is -1.74. The highest BCUT2D eigenvalue weighted by molar-refractivity contribution is 7.89. The zero-order valence-electron chi connectivity index (χ0n) is 11.1. The highest BCUT2D eigenvalue weighted by Gasteiger charge is 2.16. The molecular weight excluding hydrogens is 250 g/mol. The van der Waals surface area contributed by atoms with E-state index in [1.165, 1.54) is 12.1 Å². The van der Waals surface area contributed by atoms with Gasteiger partial charge >= 0.3 is 0 Å². The average molecular weight is 271 g/mol. The van der Waals surface area contributed by atoms with Gasteiger partial charge < -0.3 is 10.6 Å². The topological polar surface area (TPSA) is 89.4 Å². The second-order valence-electron chi connectivity index (χ2n) is 4.35. The predicted molar refractivity (Wildman–Crippen MR) is 75.0 cm³/mol. The quantitative estimate of drug-likeness (QED) is 0.795. The first-order valence-electron chi connectivity index (χ1n) is 5.96. The first-order valence-corrected chi connectivity index (χ1v) is 7.51. The summed E-state index contributed by atoms with van der Waals surface area (Å²) in [4.78, 5) is 2.11. The molecule has 0 saturated carbocycles. The lowest BCUT2D eigenvalue weighted by Gasteiger charge is -2.29. The zero-order valence-corrected chi connectivity index (χ0v) is 11.9. The molecule has 5 nitrogen and oxygen atoms in total. The Kier molecular flexibility index (Phi) is 4.59. The van der Waals surface area contributed by atoms with E-state index in [-0.39, 0.29) is 4.90 Å². The van der Waals surface area contributed by atoms with E-state index in [0.717, 1.165) is 18.5 Å². The molecule has 1 aromatic carbocycles. The van der Waals surface area contributed by atoms with Gasteiger partial charge in [0.25, 0.3) is 0 Å². The van der Waals surface area contributed by atoms with Crippen LogP contribution in [0.4, 0.5) is 11.4 Å². The maximum absolute atomic E-state index is 11.2. The van der Waals surface area contributed by atoms with Crippen LogP contribution < -0.4 is 15.8 Å². The van der Waals surface area contributed by atoms with Gasteiger partial charge in [0.2, 0.25) is 10.0 Å². The van der Waals surface area contributed by atoms with Crippen LogP contribution in [0, 0.1) is 0 Å². The first kappa shape index (κ1) is 14.8. The molecule has 102 valence electrons. The van der Waals surface area contributed by atoms with Crippen molar-refractivity contribution in [3.8, 4) is 0 Å². The van der Waals surface area contributed by atoms with Crippen LogP contribution in [-0.4, -0.2) is 21.5 Å². The summed E-state index contributed by atoms with van der Waals surface area (Å²) in [6.45, 7) is 4.22. The Labute approximate surface area is 109 Å². The number of sulfonamides is 1. The minimum atomic E-state index is -3.70. The highest BCUT2D eigenvalue weighted by atomic mass is 32.2. The summed E-state index contributed by atoms with van der Waals surface area (Å²) in [6.07, 6.45) is 2.01. The molecule has 1 rings (SSSR count). The number of primary sulfonamides is 1. The number of nitrogen functional groups attached to an aromatic ring is 1. The summed E-state index contributed by atoms with van der Waals surface area (Å²) in [5.41, 5.74) is 7.16. The molecule has 4 N–H and O–H groups in total. The van der Waals surface area contributed by atoms with E-state index in [9.17, 15) is 8.42 Å². The van der Waals surface area contributed by atoms with Gasteiger partial charge in [-0.05, 0) is 31.0 Å². The number of benzene rings is 1. The van der Waals surface area contributed by atoms with Gasteiger partial charge in [0.05, 0.1) is 16.3 Å². The second-order valence-corrected chi connectivity index (χ2v) is 5.91. The molecular formula is C12H21N3O2S. The molecule has 0 amide bonds. The van der Waals surface area contributed by atoms with Gasteiger partial charge in [0.1, 0.15) is 0 Å². The standard InChI is InChI=1S/C12H21N3O2S/c1-4-9(5-2)15(3)12-7-6-10(8-11(12)13)18(14,16)17/h6-9H,4-5,13H2,1-3H3,(H2,14,16,17). The summed E-state index contributed by atoms with van der Waals surface area (Å²) in [5, 5.41) is 5.07. The van der Waals surface area contributed by atoms with Gasteiger partial charge in [-0.15, -0.1) is 0 Å². The third-order valence-corrected chi connectivity index (χ3v) is 4.11. The van der Waals surface area contributed by atoms with Gasteiger partial charge in [0, 0.05) is 13.1 Å². The molecule has 0 unspecified atom stereocenters. The van der Waals surface area contributed by atoms with E-state index in [0.29, 0.717) is 11.7 Å². The molecule has 0 heterocycles. The van der Waals surface area contributed by atoms with Crippen molar-refractivity contribution in [2.45, 2.75) is 37.6 Å². The number of anilines is 2. The van der Waals surface area contributed by atoms with Crippen molar-refractivity contribution in [1.29, 1.82) is 0 Å². The molecule has 0 bridgehead atoms. The van der Waals surface area contributed by atoms with Gasteiger partial charge in [-0.2, -0.15) is 0 Å². The second kappa shape index (κ2) is 5.58. The zero-order chi connectivity index (χ0) is 13.9. The van der Waals surface area contributed by atoms with Gasteiger partial charge in [-0.25, -0.2) is 13.6 Å². The van der Waals surface area contributed by atoms with Crippen LogP contribution in [0.5, 0.6) is 0 Å². The van der Waals surface area contributed by atoms with Gasteiger partial charge in [-0.1, -0.05) is 13.8 Å². The molecule has 0 radical (unpaired) electrons. The normalized spacial score (nSPS) is 11.8. The monoisotopic (exact) mass is 271 g/mol. The fourth-order valence-electron chi connectivity index (χ4n) is 2.06. The Balaban J connectivity index is 3.13. The fourth-order valence-corrected chi connectivity index (χ4v) is 2.61. The largest absolute Gasteiger partial charge is 0.397 e. The van der Waals surface area contributed by atoms with Crippen molar-refractivity contribution in [3.05, 3.63) is 18.2 Å². The summed E-state index contributed by atoms with van der Waals surface area (Å²) in [5.74, 6) is 0. The molecule has 0 saturated heterocycles. The third kappa shape index (κ3) is 3.14. The molecule has 0 atom stereocenters. The molecule has 18 heavy (non-hydrogen) atoms. The van der Waals surface area contributed by atoms with E-state index in [1.807, 2.05) is 7.05 Å². The summed E-state index contributed by atoms with van der Waals surface area (Å²) < 4.78 is 22.4. The molecule has 0 spiro atoms. The van der Waals surface area contributed by atoms with E-state index in [1.54, 1.807) is 6.07 Å². The maximum atomic E-state index is 11.2. The lowest BCUT2D eigenvalue weighted by molar-refractivity contribution is 0.591. The molecule has 0 aliphatic rings. The number of hydrogen-bond acceptors (Lipinski definition) is 4. The van der Waals surface area contributed by atoms with Crippen molar-refractivity contribution in [2.75, 3.05) is 17.7 Å². The number of hydrogen-bond donors (Lipinski definition) is 2. The minimum absolute atomic E-state index is 0.0432. The SMILES string of the molecule is CCC(CC)N(C)c1ccc(S(N)(=O)=O)cc1N. The molecule has 0 aromatic heterocycles. The highest BCUT2D eigenvalue weighted by Crippen LogP contribution is 2.27. The summed E-state index contributed by atoms with van der Waals surface area (Å²) >= 11 is 0. The fraction of sp³-hybridized carbons (Fsp3) is 0.500. The van der Waals surface area contributed by atoms with Crippen molar-refractivity contribution in [1.82, 2.24) is 0 Å². The Hall–Kier alpha value is -1.27. The average Bonchev–Trinajstić information content (AvgIpc) is 2.29. The number of nitrogens with two attached hydrogens (primary N) is 2. The van der Waals surface area contributed by atoms with Crippen LogP contribution >= 0.6 is 0 Å². The summed E-state index contributed by atoms with van der Waals surface area (Å²) in [6, 6.07) is 4.98. The maximum Gasteiger partial charge on any atom is 0.238 e.